The molecule has 154 valence electrons. The maximum absolute atomic E-state index is 12.7. The monoisotopic (exact) mass is 393 g/mol. The fourth-order valence-electron chi connectivity index (χ4n) is 3.74. The lowest BCUT2D eigenvalue weighted by Crippen LogP contribution is -2.49. The van der Waals surface area contributed by atoms with Gasteiger partial charge in [-0.2, -0.15) is 0 Å². The molecule has 1 heterocycles. The molecule has 0 atom stereocenters. The van der Waals surface area contributed by atoms with E-state index in [0.717, 1.165) is 44.8 Å². The van der Waals surface area contributed by atoms with Crippen LogP contribution in [0.25, 0.3) is 0 Å². The van der Waals surface area contributed by atoms with Gasteiger partial charge in [0.05, 0.1) is 0 Å². The Hall–Kier alpha value is -2.66. The highest BCUT2D eigenvalue weighted by Crippen LogP contribution is 2.17. The quantitative estimate of drug-likeness (QED) is 0.725. The van der Waals surface area contributed by atoms with Crippen molar-refractivity contribution >= 4 is 17.5 Å². The molecule has 1 fully saturated rings. The van der Waals surface area contributed by atoms with E-state index in [9.17, 15) is 9.59 Å². The van der Waals surface area contributed by atoms with E-state index in [4.69, 9.17) is 0 Å². The van der Waals surface area contributed by atoms with E-state index in [1.54, 1.807) is 11.8 Å². The minimum absolute atomic E-state index is 0.0327. The fourth-order valence-corrected chi connectivity index (χ4v) is 3.74. The summed E-state index contributed by atoms with van der Waals surface area (Å²) in [4.78, 5) is 30.8. The number of carbonyl (C=O) groups excluding carboxylic acids is 2. The standard InChI is InChI=1S/C24H31N3O2/c1-3-21-9-11-23(12-10-21)27(20(2)28)14-13-24(29)26-17-15-25(16-18-26)19-22-7-5-4-6-8-22/h4-12H,3,13-19H2,1-2H3. The molecule has 2 aromatic rings. The molecular weight excluding hydrogens is 362 g/mol. The van der Waals surface area contributed by atoms with Gasteiger partial charge < -0.3 is 9.80 Å². The largest absolute Gasteiger partial charge is 0.340 e. The molecule has 1 saturated heterocycles. The molecule has 0 aromatic heterocycles. The lowest BCUT2D eigenvalue weighted by atomic mass is 10.1. The summed E-state index contributed by atoms with van der Waals surface area (Å²) in [7, 11) is 0. The number of hydrogen-bond donors (Lipinski definition) is 0. The van der Waals surface area contributed by atoms with E-state index >= 15 is 0 Å². The minimum Gasteiger partial charge on any atom is -0.340 e. The zero-order valence-corrected chi connectivity index (χ0v) is 17.5. The van der Waals surface area contributed by atoms with Gasteiger partial charge in [-0.15, -0.1) is 0 Å². The molecule has 29 heavy (non-hydrogen) atoms. The molecule has 0 bridgehead atoms. The van der Waals surface area contributed by atoms with Gasteiger partial charge in [0.15, 0.2) is 0 Å². The van der Waals surface area contributed by atoms with E-state index in [2.05, 4.69) is 36.1 Å². The Morgan fingerprint density at radius 1 is 0.897 bits per heavy atom. The van der Waals surface area contributed by atoms with E-state index in [0.29, 0.717) is 13.0 Å². The van der Waals surface area contributed by atoms with Gasteiger partial charge in [-0.05, 0) is 29.7 Å². The van der Waals surface area contributed by atoms with E-state index in [-0.39, 0.29) is 11.8 Å². The van der Waals surface area contributed by atoms with Crippen molar-refractivity contribution in [3.05, 3.63) is 65.7 Å². The topological polar surface area (TPSA) is 43.9 Å². The Bertz CT molecular complexity index is 797. The minimum atomic E-state index is -0.0327. The van der Waals surface area contributed by atoms with Crippen molar-refractivity contribution in [1.82, 2.24) is 9.80 Å². The highest BCUT2D eigenvalue weighted by Gasteiger charge is 2.22. The van der Waals surface area contributed by atoms with Crippen LogP contribution >= 0.6 is 0 Å². The van der Waals surface area contributed by atoms with E-state index in [1.807, 2.05) is 35.2 Å². The van der Waals surface area contributed by atoms with Crippen LogP contribution in [-0.2, 0) is 22.6 Å². The number of aryl methyl sites for hydroxylation is 1. The van der Waals surface area contributed by atoms with Crippen LogP contribution in [-0.4, -0.2) is 54.3 Å². The Balaban J connectivity index is 1.48. The number of amides is 2. The highest BCUT2D eigenvalue weighted by molar-refractivity contribution is 5.92. The SMILES string of the molecule is CCc1ccc(N(CCC(=O)N2CCN(Cc3ccccc3)CC2)C(C)=O)cc1. The molecule has 2 aromatic carbocycles. The lowest BCUT2D eigenvalue weighted by molar-refractivity contribution is -0.132. The number of anilines is 1. The van der Waals surface area contributed by atoms with Gasteiger partial charge in [0, 0.05) is 58.3 Å². The number of benzene rings is 2. The van der Waals surface area contributed by atoms with Crippen molar-refractivity contribution in [2.75, 3.05) is 37.6 Å². The zero-order chi connectivity index (χ0) is 20.6. The molecule has 5 nitrogen and oxygen atoms in total. The molecule has 0 saturated carbocycles. The molecule has 0 aliphatic carbocycles. The highest BCUT2D eigenvalue weighted by atomic mass is 16.2. The number of carbonyl (C=O) groups is 2. The lowest BCUT2D eigenvalue weighted by Gasteiger charge is -2.35. The molecule has 0 radical (unpaired) electrons. The molecule has 0 N–H and O–H groups in total. The third kappa shape index (κ3) is 5.91. The predicted molar refractivity (Wildman–Crippen MR) is 117 cm³/mol. The molecule has 2 amide bonds. The normalized spacial score (nSPS) is 14.6. The molecular formula is C24H31N3O2. The average Bonchev–Trinajstić information content (AvgIpc) is 2.75. The van der Waals surface area contributed by atoms with Crippen LogP contribution in [0.2, 0.25) is 0 Å². The summed E-state index contributed by atoms with van der Waals surface area (Å²) in [6, 6.07) is 18.4. The molecule has 3 rings (SSSR count). The second-order valence-corrected chi connectivity index (χ2v) is 7.58. The van der Waals surface area contributed by atoms with Crippen LogP contribution in [0.5, 0.6) is 0 Å². The van der Waals surface area contributed by atoms with E-state index < -0.39 is 0 Å². The van der Waals surface area contributed by atoms with Crippen LogP contribution in [0, 0.1) is 0 Å². The van der Waals surface area contributed by atoms with Crippen molar-refractivity contribution < 1.29 is 9.59 Å². The van der Waals surface area contributed by atoms with Crippen LogP contribution in [0.4, 0.5) is 5.69 Å². The van der Waals surface area contributed by atoms with Gasteiger partial charge in [-0.25, -0.2) is 0 Å². The summed E-state index contributed by atoms with van der Waals surface area (Å²) >= 11 is 0. The Morgan fingerprint density at radius 2 is 1.55 bits per heavy atom. The Labute approximate surface area is 173 Å². The van der Waals surface area contributed by atoms with Crippen LogP contribution in [0.1, 0.15) is 31.4 Å². The molecule has 1 aliphatic heterocycles. The Morgan fingerprint density at radius 3 is 2.14 bits per heavy atom. The summed E-state index contributed by atoms with van der Waals surface area (Å²) < 4.78 is 0. The Kier molecular flexibility index (Phi) is 7.42. The maximum atomic E-state index is 12.7. The summed E-state index contributed by atoms with van der Waals surface area (Å²) in [6.07, 6.45) is 1.32. The first-order valence-electron chi connectivity index (χ1n) is 10.5. The first-order valence-corrected chi connectivity index (χ1v) is 10.5. The third-order valence-corrected chi connectivity index (χ3v) is 5.56. The first-order chi connectivity index (χ1) is 14.1. The number of piperazine rings is 1. The smallest absolute Gasteiger partial charge is 0.224 e. The molecule has 0 unspecified atom stereocenters. The number of nitrogens with zero attached hydrogens (tertiary/aromatic N) is 3. The number of hydrogen-bond acceptors (Lipinski definition) is 3. The number of rotatable bonds is 7. The van der Waals surface area contributed by atoms with Gasteiger partial charge >= 0.3 is 0 Å². The van der Waals surface area contributed by atoms with Gasteiger partial charge in [-0.1, -0.05) is 49.4 Å². The first kappa shape index (κ1) is 21.1. The summed E-state index contributed by atoms with van der Waals surface area (Å²) in [5.74, 6) is 0.0931. The predicted octanol–water partition coefficient (Wildman–Crippen LogP) is 3.34. The van der Waals surface area contributed by atoms with Crippen molar-refractivity contribution in [2.24, 2.45) is 0 Å². The zero-order valence-electron chi connectivity index (χ0n) is 17.5. The third-order valence-electron chi connectivity index (χ3n) is 5.56. The molecule has 1 aliphatic rings. The summed E-state index contributed by atoms with van der Waals surface area (Å²) in [5, 5.41) is 0. The van der Waals surface area contributed by atoms with Crippen LogP contribution in [0.15, 0.2) is 54.6 Å². The van der Waals surface area contributed by atoms with Crippen molar-refractivity contribution in [3.8, 4) is 0 Å². The van der Waals surface area contributed by atoms with Gasteiger partial charge in [0.1, 0.15) is 0 Å². The van der Waals surface area contributed by atoms with Crippen molar-refractivity contribution in [3.63, 3.8) is 0 Å². The molecule has 5 heteroatoms. The second-order valence-electron chi connectivity index (χ2n) is 7.58. The van der Waals surface area contributed by atoms with Gasteiger partial charge in [0.2, 0.25) is 11.8 Å². The van der Waals surface area contributed by atoms with Gasteiger partial charge in [0.25, 0.3) is 0 Å². The average molecular weight is 394 g/mol. The van der Waals surface area contributed by atoms with Gasteiger partial charge in [-0.3, -0.25) is 14.5 Å². The van der Waals surface area contributed by atoms with Crippen LogP contribution in [0.3, 0.4) is 0 Å². The van der Waals surface area contributed by atoms with Crippen LogP contribution < -0.4 is 4.90 Å². The molecule has 0 spiro atoms. The maximum Gasteiger partial charge on any atom is 0.224 e. The van der Waals surface area contributed by atoms with E-state index in [1.165, 1.54) is 11.1 Å². The fraction of sp³-hybridized carbons (Fsp3) is 0.417. The summed E-state index contributed by atoms with van der Waals surface area (Å²) in [5.41, 5.74) is 3.40. The van der Waals surface area contributed by atoms with Crippen molar-refractivity contribution in [2.45, 2.75) is 33.2 Å². The van der Waals surface area contributed by atoms with Crippen molar-refractivity contribution in [1.29, 1.82) is 0 Å². The summed E-state index contributed by atoms with van der Waals surface area (Å²) in [6.45, 7) is 8.27. The second kappa shape index (κ2) is 10.2.